The molecule has 0 bridgehead atoms. The lowest BCUT2D eigenvalue weighted by Crippen LogP contribution is -2.50. The summed E-state index contributed by atoms with van der Waals surface area (Å²) in [5.74, 6) is 0.978. The highest BCUT2D eigenvalue weighted by Gasteiger charge is 2.39. The molecule has 1 heterocycles. The van der Waals surface area contributed by atoms with Crippen molar-refractivity contribution in [2.75, 3.05) is 26.1 Å². The minimum absolute atomic E-state index is 0.0537. The third-order valence-electron chi connectivity index (χ3n) is 4.00. The molecule has 1 aromatic carbocycles. The summed E-state index contributed by atoms with van der Waals surface area (Å²) in [6.45, 7) is 2.87. The van der Waals surface area contributed by atoms with Crippen molar-refractivity contribution in [3.05, 3.63) is 17.2 Å². The van der Waals surface area contributed by atoms with Gasteiger partial charge in [0.1, 0.15) is 11.5 Å². The van der Waals surface area contributed by atoms with E-state index >= 15 is 0 Å². The molecule has 6 heteroatoms. The van der Waals surface area contributed by atoms with Crippen LogP contribution in [-0.2, 0) is 4.79 Å². The summed E-state index contributed by atoms with van der Waals surface area (Å²) in [5, 5.41) is 6.65. The number of methoxy groups -OCH3 is 2. The fraction of sp³-hybridized carbons (Fsp3) is 0.533. The van der Waals surface area contributed by atoms with Crippen LogP contribution >= 0.6 is 11.6 Å². The first-order valence-electron chi connectivity index (χ1n) is 7.04. The van der Waals surface area contributed by atoms with Crippen LogP contribution in [0.2, 0.25) is 5.02 Å². The van der Waals surface area contributed by atoms with E-state index in [1.54, 1.807) is 19.2 Å². The van der Waals surface area contributed by atoms with Crippen LogP contribution in [0.4, 0.5) is 5.69 Å². The molecule has 1 amide bonds. The predicted molar refractivity (Wildman–Crippen MR) is 83.4 cm³/mol. The Balaban J connectivity index is 2.26. The maximum Gasteiger partial charge on any atom is 0.244 e. The summed E-state index contributed by atoms with van der Waals surface area (Å²) in [4.78, 5) is 12.6. The Hall–Kier alpha value is -1.46. The van der Waals surface area contributed by atoms with Crippen LogP contribution in [0.5, 0.6) is 11.5 Å². The Bertz CT molecular complexity index is 528. The average molecular weight is 313 g/mol. The van der Waals surface area contributed by atoms with Gasteiger partial charge in [-0.3, -0.25) is 4.79 Å². The summed E-state index contributed by atoms with van der Waals surface area (Å²) >= 11 is 6.12. The van der Waals surface area contributed by atoms with Gasteiger partial charge in [-0.15, -0.1) is 0 Å². The topological polar surface area (TPSA) is 59.6 Å². The van der Waals surface area contributed by atoms with Crippen LogP contribution in [0.25, 0.3) is 0 Å². The number of anilines is 1. The second-order valence-electron chi connectivity index (χ2n) is 5.11. The normalized spacial score (nSPS) is 21.1. The first kappa shape index (κ1) is 15.9. The van der Waals surface area contributed by atoms with Gasteiger partial charge >= 0.3 is 0 Å². The Morgan fingerprint density at radius 2 is 2.10 bits per heavy atom. The quantitative estimate of drug-likeness (QED) is 0.877. The number of rotatable bonds is 5. The zero-order chi connectivity index (χ0) is 15.5. The van der Waals surface area contributed by atoms with E-state index in [-0.39, 0.29) is 5.91 Å². The van der Waals surface area contributed by atoms with Gasteiger partial charge in [-0.2, -0.15) is 0 Å². The number of amides is 1. The number of ether oxygens (including phenoxy) is 2. The Labute approximate surface area is 130 Å². The van der Waals surface area contributed by atoms with Gasteiger partial charge in [0.05, 0.1) is 30.5 Å². The molecule has 1 unspecified atom stereocenters. The zero-order valence-electron chi connectivity index (χ0n) is 12.6. The maximum atomic E-state index is 12.6. The molecular formula is C15H21ClN2O3. The van der Waals surface area contributed by atoms with E-state index in [1.807, 2.05) is 6.92 Å². The number of halogens is 1. The molecule has 1 aliphatic heterocycles. The van der Waals surface area contributed by atoms with E-state index in [0.29, 0.717) is 22.2 Å². The highest BCUT2D eigenvalue weighted by Crippen LogP contribution is 2.36. The van der Waals surface area contributed by atoms with Crippen molar-refractivity contribution in [1.29, 1.82) is 0 Å². The van der Waals surface area contributed by atoms with E-state index in [2.05, 4.69) is 10.6 Å². The Morgan fingerprint density at radius 3 is 2.62 bits per heavy atom. The molecule has 21 heavy (non-hydrogen) atoms. The van der Waals surface area contributed by atoms with E-state index in [0.717, 1.165) is 25.8 Å². The molecule has 1 atom stereocenters. The summed E-state index contributed by atoms with van der Waals surface area (Å²) in [6.07, 6.45) is 2.58. The molecule has 1 saturated heterocycles. The molecule has 1 aromatic rings. The first-order chi connectivity index (χ1) is 10.1. The van der Waals surface area contributed by atoms with Gasteiger partial charge in [0.15, 0.2) is 0 Å². The van der Waals surface area contributed by atoms with Crippen LogP contribution in [0.1, 0.15) is 26.2 Å². The van der Waals surface area contributed by atoms with Gasteiger partial charge in [-0.1, -0.05) is 18.5 Å². The van der Waals surface area contributed by atoms with Crippen LogP contribution < -0.4 is 20.1 Å². The third-order valence-corrected chi connectivity index (χ3v) is 4.30. The molecule has 1 fully saturated rings. The van der Waals surface area contributed by atoms with Gasteiger partial charge in [0, 0.05) is 6.07 Å². The van der Waals surface area contributed by atoms with Crippen molar-refractivity contribution in [3.8, 4) is 11.5 Å². The van der Waals surface area contributed by atoms with E-state index in [4.69, 9.17) is 21.1 Å². The molecular weight excluding hydrogens is 292 g/mol. The van der Waals surface area contributed by atoms with Crippen LogP contribution in [0.15, 0.2) is 12.1 Å². The van der Waals surface area contributed by atoms with E-state index in [9.17, 15) is 4.79 Å². The number of hydrogen-bond acceptors (Lipinski definition) is 4. The fourth-order valence-corrected chi connectivity index (χ4v) is 2.90. The maximum absolute atomic E-state index is 12.6. The Morgan fingerprint density at radius 1 is 1.38 bits per heavy atom. The molecule has 1 aliphatic rings. The van der Waals surface area contributed by atoms with E-state index < -0.39 is 5.54 Å². The number of benzene rings is 1. The van der Waals surface area contributed by atoms with Crippen LogP contribution in [-0.4, -0.2) is 32.2 Å². The summed E-state index contributed by atoms with van der Waals surface area (Å²) in [7, 11) is 3.08. The molecule has 0 saturated carbocycles. The molecule has 2 rings (SSSR count). The average Bonchev–Trinajstić information content (AvgIpc) is 2.97. The summed E-state index contributed by atoms with van der Waals surface area (Å²) in [6, 6.07) is 3.31. The number of nitrogens with one attached hydrogen (secondary N) is 2. The van der Waals surface area contributed by atoms with E-state index in [1.165, 1.54) is 7.11 Å². The van der Waals surface area contributed by atoms with Gasteiger partial charge in [0.25, 0.3) is 0 Å². The molecule has 2 N–H and O–H groups in total. The molecule has 0 radical (unpaired) electrons. The monoisotopic (exact) mass is 312 g/mol. The molecule has 0 aromatic heterocycles. The van der Waals surface area contributed by atoms with Gasteiger partial charge in [-0.05, 0) is 31.9 Å². The third kappa shape index (κ3) is 3.09. The van der Waals surface area contributed by atoms with Crippen LogP contribution in [0, 0.1) is 0 Å². The number of carbonyl (C=O) groups excluding carboxylic acids is 1. The number of carbonyl (C=O) groups is 1. The molecule has 0 spiro atoms. The predicted octanol–water partition coefficient (Wildman–Crippen LogP) is 2.83. The highest BCUT2D eigenvalue weighted by atomic mass is 35.5. The first-order valence-corrected chi connectivity index (χ1v) is 7.42. The van der Waals surface area contributed by atoms with Crippen molar-refractivity contribution in [2.24, 2.45) is 0 Å². The van der Waals surface area contributed by atoms with Crippen molar-refractivity contribution in [2.45, 2.75) is 31.7 Å². The number of hydrogen-bond donors (Lipinski definition) is 2. The second-order valence-corrected chi connectivity index (χ2v) is 5.51. The largest absolute Gasteiger partial charge is 0.495 e. The van der Waals surface area contributed by atoms with Gasteiger partial charge in [-0.25, -0.2) is 0 Å². The lowest BCUT2D eigenvalue weighted by molar-refractivity contribution is -0.122. The minimum atomic E-state index is -0.503. The lowest BCUT2D eigenvalue weighted by Gasteiger charge is -2.27. The van der Waals surface area contributed by atoms with Crippen molar-refractivity contribution >= 4 is 23.2 Å². The standard InChI is InChI=1S/C15H21ClN2O3/c1-4-15(6-5-7-17-15)14(19)18-11-8-10(16)12(20-2)9-13(11)21-3/h8-9,17H,4-7H2,1-3H3,(H,18,19). The fourth-order valence-electron chi connectivity index (χ4n) is 2.66. The summed E-state index contributed by atoms with van der Waals surface area (Å²) < 4.78 is 10.5. The molecule has 116 valence electrons. The SMILES string of the molecule is CCC1(C(=O)Nc2cc(Cl)c(OC)cc2OC)CCCN1. The van der Waals surface area contributed by atoms with Crippen molar-refractivity contribution in [1.82, 2.24) is 5.32 Å². The lowest BCUT2D eigenvalue weighted by atomic mass is 9.93. The zero-order valence-corrected chi connectivity index (χ0v) is 13.3. The molecule has 5 nitrogen and oxygen atoms in total. The van der Waals surface area contributed by atoms with Gasteiger partial charge < -0.3 is 20.1 Å². The van der Waals surface area contributed by atoms with Crippen LogP contribution in [0.3, 0.4) is 0 Å². The van der Waals surface area contributed by atoms with Crippen molar-refractivity contribution < 1.29 is 14.3 Å². The minimum Gasteiger partial charge on any atom is -0.495 e. The molecule has 0 aliphatic carbocycles. The van der Waals surface area contributed by atoms with Crippen molar-refractivity contribution in [3.63, 3.8) is 0 Å². The van der Waals surface area contributed by atoms with Gasteiger partial charge in [0.2, 0.25) is 5.91 Å². The Kier molecular flexibility index (Phi) is 4.96. The second kappa shape index (κ2) is 6.54. The smallest absolute Gasteiger partial charge is 0.244 e. The highest BCUT2D eigenvalue weighted by molar-refractivity contribution is 6.32. The summed E-state index contributed by atoms with van der Waals surface area (Å²) in [5.41, 5.74) is 0.0482.